The van der Waals surface area contributed by atoms with E-state index in [2.05, 4.69) is 57.3 Å². The van der Waals surface area contributed by atoms with Crippen molar-refractivity contribution in [3.63, 3.8) is 0 Å². The third-order valence-electron chi connectivity index (χ3n) is 2.55. The van der Waals surface area contributed by atoms with Crippen molar-refractivity contribution in [2.45, 2.75) is 13.8 Å². The summed E-state index contributed by atoms with van der Waals surface area (Å²) in [5, 5.41) is 17.1. The van der Waals surface area contributed by atoms with E-state index < -0.39 is 0 Å². The molecule has 0 radical (unpaired) electrons. The molecule has 0 spiro atoms. The molecule has 2 aromatic carbocycles. The molecule has 0 aliphatic rings. The van der Waals surface area contributed by atoms with Gasteiger partial charge in [0.1, 0.15) is 6.07 Å². The van der Waals surface area contributed by atoms with Crippen LogP contribution in [0.4, 0.5) is 0 Å². The van der Waals surface area contributed by atoms with Crippen molar-refractivity contribution in [1.82, 2.24) is 0 Å². The predicted molar refractivity (Wildman–Crippen MR) is 97.2 cm³/mol. The summed E-state index contributed by atoms with van der Waals surface area (Å²) in [6.07, 6.45) is 0. The number of rotatable bonds is 0. The van der Waals surface area contributed by atoms with E-state index in [0.717, 1.165) is 18.3 Å². The summed E-state index contributed by atoms with van der Waals surface area (Å²) in [4.78, 5) is 0. The maximum absolute atomic E-state index is 8.55. The van der Waals surface area contributed by atoms with E-state index in [1.54, 1.807) is 0 Å². The lowest BCUT2D eigenvalue weighted by Crippen LogP contribution is -1.81. The van der Waals surface area contributed by atoms with E-state index in [4.69, 9.17) is 10.5 Å². The summed E-state index contributed by atoms with van der Waals surface area (Å²) >= 11 is 4.39. The molecule has 0 amide bonds. The normalized spacial score (nSPS) is 8.90. The second-order valence-corrected chi connectivity index (χ2v) is 6.50. The molecular weight excluding hydrogens is 474 g/mol. The average Bonchev–Trinajstić information content (AvgIpc) is 2.43. The lowest BCUT2D eigenvalue weighted by molar-refractivity contribution is 1.40. The first-order chi connectivity index (χ1) is 9.47. The summed E-state index contributed by atoms with van der Waals surface area (Å²) in [5.74, 6) is 0. The van der Waals surface area contributed by atoms with Gasteiger partial charge in [0.2, 0.25) is 0 Å². The molecule has 0 fully saturated rings. The van der Waals surface area contributed by atoms with Crippen molar-refractivity contribution in [1.29, 1.82) is 10.5 Å². The zero-order chi connectivity index (χ0) is 15.1. The molecule has 0 N–H and O–H groups in total. The summed E-state index contributed by atoms with van der Waals surface area (Å²) in [5.41, 5.74) is 3.91. The van der Waals surface area contributed by atoms with Gasteiger partial charge in [0.25, 0.3) is 0 Å². The van der Waals surface area contributed by atoms with E-state index in [9.17, 15) is 0 Å². The van der Waals surface area contributed by atoms with Gasteiger partial charge in [0, 0.05) is 7.14 Å². The van der Waals surface area contributed by atoms with Crippen LogP contribution in [0, 0.1) is 43.7 Å². The second kappa shape index (κ2) is 8.23. The van der Waals surface area contributed by atoms with Gasteiger partial charge in [-0.25, -0.2) is 0 Å². The molecule has 0 aliphatic carbocycles. The Morgan fingerprint density at radius 1 is 0.850 bits per heavy atom. The van der Waals surface area contributed by atoms with E-state index in [-0.39, 0.29) is 0 Å². The standard InChI is InChI=1S/2C8H6IN/c1-6-2-3-7(5-10)4-8(6)9;1-6-2-3-7(5-10)8(9)4-6/h2*2-4H,1H3. The third kappa shape index (κ3) is 5.10. The van der Waals surface area contributed by atoms with Crippen molar-refractivity contribution < 1.29 is 0 Å². The Bertz CT molecular complexity index is 695. The third-order valence-corrected chi connectivity index (χ3v) is 4.60. The lowest BCUT2D eigenvalue weighted by atomic mass is 10.2. The first kappa shape index (κ1) is 16.9. The van der Waals surface area contributed by atoms with Crippen molar-refractivity contribution in [3.8, 4) is 12.1 Å². The molecule has 20 heavy (non-hydrogen) atoms. The van der Waals surface area contributed by atoms with Crippen LogP contribution in [0.3, 0.4) is 0 Å². The number of aryl methyl sites for hydroxylation is 2. The molecular formula is C16H12I2N2. The van der Waals surface area contributed by atoms with Crippen molar-refractivity contribution >= 4 is 45.2 Å². The molecule has 2 nitrogen and oxygen atoms in total. The molecule has 0 saturated heterocycles. The Morgan fingerprint density at radius 2 is 1.55 bits per heavy atom. The fraction of sp³-hybridized carbons (Fsp3) is 0.125. The molecule has 0 unspecified atom stereocenters. The predicted octanol–water partition coefficient (Wildman–Crippen LogP) is 4.94. The number of nitrogens with zero attached hydrogens (tertiary/aromatic N) is 2. The van der Waals surface area contributed by atoms with Crippen LogP contribution >= 0.6 is 45.2 Å². The van der Waals surface area contributed by atoms with Gasteiger partial charge in [0.05, 0.1) is 17.2 Å². The maximum Gasteiger partial charge on any atom is 0.100 e. The Labute approximate surface area is 146 Å². The van der Waals surface area contributed by atoms with Gasteiger partial charge in [-0.1, -0.05) is 12.1 Å². The molecule has 0 bridgehead atoms. The highest BCUT2D eigenvalue weighted by Gasteiger charge is 1.96. The van der Waals surface area contributed by atoms with Gasteiger partial charge in [-0.05, 0) is 94.4 Å². The van der Waals surface area contributed by atoms with Crippen LogP contribution in [0.1, 0.15) is 22.3 Å². The molecule has 0 heterocycles. The molecule has 100 valence electrons. The van der Waals surface area contributed by atoms with Gasteiger partial charge < -0.3 is 0 Å². The van der Waals surface area contributed by atoms with Crippen molar-refractivity contribution in [3.05, 3.63) is 65.8 Å². The topological polar surface area (TPSA) is 47.6 Å². The zero-order valence-electron chi connectivity index (χ0n) is 11.1. The highest BCUT2D eigenvalue weighted by molar-refractivity contribution is 14.1. The Morgan fingerprint density at radius 3 is 2.05 bits per heavy atom. The van der Waals surface area contributed by atoms with Gasteiger partial charge in [0.15, 0.2) is 0 Å². The summed E-state index contributed by atoms with van der Waals surface area (Å²) < 4.78 is 2.18. The summed E-state index contributed by atoms with van der Waals surface area (Å²) in [7, 11) is 0. The maximum atomic E-state index is 8.55. The number of hydrogen-bond donors (Lipinski definition) is 0. The molecule has 4 heteroatoms. The highest BCUT2D eigenvalue weighted by Crippen LogP contribution is 2.13. The molecule has 0 aliphatic heterocycles. The van der Waals surface area contributed by atoms with Crippen LogP contribution in [0.5, 0.6) is 0 Å². The van der Waals surface area contributed by atoms with Crippen LogP contribution in [0.25, 0.3) is 0 Å². The minimum atomic E-state index is 0.731. The second-order valence-electron chi connectivity index (χ2n) is 4.17. The van der Waals surface area contributed by atoms with E-state index in [1.807, 2.05) is 50.2 Å². The minimum Gasteiger partial charge on any atom is -0.192 e. The average molecular weight is 486 g/mol. The fourth-order valence-electron chi connectivity index (χ4n) is 1.37. The monoisotopic (exact) mass is 486 g/mol. The van der Waals surface area contributed by atoms with Gasteiger partial charge >= 0.3 is 0 Å². The van der Waals surface area contributed by atoms with Crippen molar-refractivity contribution in [2.24, 2.45) is 0 Å². The summed E-state index contributed by atoms with van der Waals surface area (Å²) in [6, 6.07) is 15.7. The number of halogens is 2. The first-order valence-corrected chi connectivity index (χ1v) is 7.96. The van der Waals surface area contributed by atoms with E-state index in [1.165, 1.54) is 11.1 Å². The van der Waals surface area contributed by atoms with Gasteiger partial charge in [-0.2, -0.15) is 10.5 Å². The molecule has 2 rings (SSSR count). The highest BCUT2D eigenvalue weighted by atomic mass is 127. The van der Waals surface area contributed by atoms with Gasteiger partial charge in [-0.15, -0.1) is 0 Å². The molecule has 2 aromatic rings. The first-order valence-electron chi connectivity index (χ1n) is 5.80. The van der Waals surface area contributed by atoms with E-state index >= 15 is 0 Å². The zero-order valence-corrected chi connectivity index (χ0v) is 15.4. The molecule has 0 aromatic heterocycles. The lowest BCUT2D eigenvalue weighted by Gasteiger charge is -1.95. The van der Waals surface area contributed by atoms with Crippen LogP contribution < -0.4 is 0 Å². The van der Waals surface area contributed by atoms with Crippen molar-refractivity contribution in [2.75, 3.05) is 0 Å². The largest absolute Gasteiger partial charge is 0.192 e. The van der Waals surface area contributed by atoms with Crippen LogP contribution in [0.15, 0.2) is 36.4 Å². The molecule has 0 atom stereocenters. The van der Waals surface area contributed by atoms with Crippen LogP contribution in [-0.4, -0.2) is 0 Å². The Balaban J connectivity index is 0.000000200. The number of hydrogen-bond acceptors (Lipinski definition) is 2. The van der Waals surface area contributed by atoms with Gasteiger partial charge in [-0.3, -0.25) is 0 Å². The number of benzene rings is 2. The van der Waals surface area contributed by atoms with Crippen LogP contribution in [0.2, 0.25) is 0 Å². The SMILES string of the molecule is Cc1ccc(C#N)c(I)c1.Cc1ccc(C#N)cc1I. The fourth-order valence-corrected chi connectivity index (χ4v) is 2.68. The molecule has 0 saturated carbocycles. The quantitative estimate of drug-likeness (QED) is 0.496. The van der Waals surface area contributed by atoms with E-state index in [0.29, 0.717) is 0 Å². The Kier molecular flexibility index (Phi) is 6.97. The van der Waals surface area contributed by atoms with Crippen LogP contribution in [-0.2, 0) is 0 Å². The Hall–Kier alpha value is -1.12. The number of nitriles is 2. The smallest absolute Gasteiger partial charge is 0.100 e. The summed E-state index contributed by atoms with van der Waals surface area (Å²) in [6.45, 7) is 4.05. The minimum absolute atomic E-state index is 0.731.